The van der Waals surface area contributed by atoms with E-state index < -0.39 is 23.1 Å². The summed E-state index contributed by atoms with van der Waals surface area (Å²) >= 11 is 0. The van der Waals surface area contributed by atoms with Crippen molar-refractivity contribution in [3.8, 4) is 11.5 Å². The normalized spacial score (nSPS) is 18.3. The minimum atomic E-state index is -1.53. The van der Waals surface area contributed by atoms with Crippen LogP contribution in [0.2, 0.25) is 0 Å². The second kappa shape index (κ2) is 13.6. The molecule has 1 spiro atoms. The second-order valence-electron chi connectivity index (χ2n) is 10.4. The SMILES string of the molecule is CCCCCCCCCC1=CC(=O)C=C(OC)C12C(=O)Oc1cc(O)c(C(=O)O)c(CCCCCCC)c12. The number of allylic oxidation sites excluding steroid dienone is 2. The minimum absolute atomic E-state index is 0.129. The van der Waals surface area contributed by atoms with Crippen LogP contribution in [0.15, 0.2) is 29.6 Å². The number of hydrogen-bond donors (Lipinski definition) is 2. The predicted octanol–water partition coefficient (Wildman–Crippen LogP) is 6.94. The van der Waals surface area contributed by atoms with Crippen molar-refractivity contribution in [2.24, 2.45) is 0 Å². The number of methoxy groups -OCH3 is 1. The van der Waals surface area contributed by atoms with Crippen molar-refractivity contribution >= 4 is 17.7 Å². The summed E-state index contributed by atoms with van der Waals surface area (Å²) in [7, 11) is 1.41. The van der Waals surface area contributed by atoms with E-state index in [4.69, 9.17) is 9.47 Å². The molecule has 1 aromatic carbocycles. The van der Waals surface area contributed by atoms with Crippen LogP contribution in [0.4, 0.5) is 0 Å². The first-order valence-corrected chi connectivity index (χ1v) is 14.2. The highest BCUT2D eigenvalue weighted by Gasteiger charge is 2.59. The molecule has 38 heavy (non-hydrogen) atoms. The Hall–Kier alpha value is -3.09. The number of carbonyl (C=O) groups excluding carboxylic acids is 2. The summed E-state index contributed by atoms with van der Waals surface area (Å²) in [5.41, 5.74) is -0.426. The number of ether oxygens (including phenoxy) is 2. The Balaban J connectivity index is 2.05. The first-order chi connectivity index (χ1) is 18.3. The van der Waals surface area contributed by atoms with Gasteiger partial charge in [-0.1, -0.05) is 78.1 Å². The van der Waals surface area contributed by atoms with Gasteiger partial charge >= 0.3 is 11.9 Å². The molecule has 2 N–H and O–H groups in total. The number of carboxylic acid groups (broad SMARTS) is 1. The summed E-state index contributed by atoms with van der Waals surface area (Å²) in [6.45, 7) is 4.31. The van der Waals surface area contributed by atoms with Gasteiger partial charge in [0.25, 0.3) is 0 Å². The van der Waals surface area contributed by atoms with Gasteiger partial charge in [0.05, 0.1) is 7.11 Å². The van der Waals surface area contributed by atoms with Crippen molar-refractivity contribution in [2.75, 3.05) is 7.11 Å². The molecule has 208 valence electrons. The Labute approximate surface area is 225 Å². The highest BCUT2D eigenvalue weighted by Crippen LogP contribution is 2.55. The zero-order chi connectivity index (χ0) is 27.7. The van der Waals surface area contributed by atoms with E-state index in [1.807, 2.05) is 0 Å². The van der Waals surface area contributed by atoms with Gasteiger partial charge in [-0.2, -0.15) is 0 Å². The van der Waals surface area contributed by atoms with Crippen molar-refractivity contribution < 1.29 is 34.1 Å². The third kappa shape index (κ3) is 5.97. The van der Waals surface area contributed by atoms with E-state index in [1.54, 1.807) is 0 Å². The zero-order valence-electron chi connectivity index (χ0n) is 23.1. The molecular weight excluding hydrogens is 484 g/mol. The smallest absolute Gasteiger partial charge is 0.339 e. The van der Waals surface area contributed by atoms with E-state index >= 15 is 0 Å². The van der Waals surface area contributed by atoms with E-state index in [2.05, 4.69) is 13.8 Å². The van der Waals surface area contributed by atoms with Crippen LogP contribution in [-0.2, 0) is 26.2 Å². The minimum Gasteiger partial charge on any atom is -0.507 e. The molecule has 1 aliphatic heterocycles. The van der Waals surface area contributed by atoms with Crippen LogP contribution in [0, 0.1) is 0 Å². The maximum atomic E-state index is 13.7. The monoisotopic (exact) mass is 526 g/mol. The maximum absolute atomic E-state index is 13.7. The summed E-state index contributed by atoms with van der Waals surface area (Å²) in [6, 6.07) is 1.21. The fourth-order valence-corrected chi connectivity index (χ4v) is 5.84. The molecule has 0 fully saturated rings. The van der Waals surface area contributed by atoms with Gasteiger partial charge in [0.15, 0.2) is 11.2 Å². The predicted molar refractivity (Wildman–Crippen MR) is 146 cm³/mol. The van der Waals surface area contributed by atoms with Crippen LogP contribution in [0.3, 0.4) is 0 Å². The number of rotatable bonds is 16. The lowest BCUT2D eigenvalue weighted by Gasteiger charge is -2.34. The fourth-order valence-electron chi connectivity index (χ4n) is 5.84. The number of benzene rings is 1. The summed E-state index contributed by atoms with van der Waals surface area (Å²) in [4.78, 5) is 38.7. The molecule has 7 heteroatoms. The molecule has 0 saturated carbocycles. The Kier molecular flexibility index (Phi) is 10.6. The Bertz CT molecular complexity index is 1100. The average Bonchev–Trinajstić information content (AvgIpc) is 3.16. The topological polar surface area (TPSA) is 110 Å². The van der Waals surface area contributed by atoms with Crippen LogP contribution >= 0.6 is 0 Å². The molecule has 0 aromatic heterocycles. The molecule has 1 atom stereocenters. The number of hydrogen-bond acceptors (Lipinski definition) is 6. The standard InChI is InChI=1S/C31H42O7/c1-4-6-8-10-11-13-14-16-21-18-22(32)19-26(37-3)31(21)28-23(17-15-12-9-7-5-2)27(29(34)35)24(33)20-25(28)38-30(31)36/h18-20,33H,4-17H2,1-3H3,(H,34,35). The molecule has 0 radical (unpaired) electrons. The van der Waals surface area contributed by atoms with Crippen molar-refractivity contribution in [2.45, 2.75) is 109 Å². The lowest BCUT2D eigenvalue weighted by molar-refractivity contribution is -0.137. The van der Waals surface area contributed by atoms with Crippen LogP contribution in [-0.4, -0.2) is 35.0 Å². The second-order valence-corrected chi connectivity index (χ2v) is 10.4. The molecule has 0 amide bonds. The first kappa shape index (κ1) is 29.5. The number of aromatic hydroxyl groups is 1. The Morgan fingerprint density at radius 3 is 2.05 bits per heavy atom. The summed E-state index contributed by atoms with van der Waals surface area (Å²) in [5, 5.41) is 20.7. The molecule has 1 aromatic rings. The third-order valence-corrected chi connectivity index (χ3v) is 7.71. The highest BCUT2D eigenvalue weighted by atomic mass is 16.5. The largest absolute Gasteiger partial charge is 0.507 e. The van der Waals surface area contributed by atoms with Crippen LogP contribution in [0.25, 0.3) is 0 Å². The quantitative estimate of drug-likeness (QED) is 0.136. The van der Waals surface area contributed by atoms with E-state index in [9.17, 15) is 24.6 Å². The van der Waals surface area contributed by atoms with Gasteiger partial charge in [-0.3, -0.25) is 4.79 Å². The molecule has 1 unspecified atom stereocenters. The third-order valence-electron chi connectivity index (χ3n) is 7.71. The van der Waals surface area contributed by atoms with Gasteiger partial charge in [-0.25, -0.2) is 9.59 Å². The van der Waals surface area contributed by atoms with Crippen molar-refractivity contribution in [1.82, 2.24) is 0 Å². The summed E-state index contributed by atoms with van der Waals surface area (Å²) in [5.74, 6) is -2.33. The Morgan fingerprint density at radius 2 is 1.47 bits per heavy atom. The molecular formula is C31H42O7. The van der Waals surface area contributed by atoms with Gasteiger partial charge in [-0.15, -0.1) is 0 Å². The van der Waals surface area contributed by atoms with Crippen LogP contribution < -0.4 is 4.74 Å². The first-order valence-electron chi connectivity index (χ1n) is 14.2. The number of aromatic carboxylic acids is 1. The Morgan fingerprint density at radius 1 is 0.895 bits per heavy atom. The van der Waals surface area contributed by atoms with Crippen LogP contribution in [0.1, 0.15) is 119 Å². The van der Waals surface area contributed by atoms with Gasteiger partial charge in [0.1, 0.15) is 22.8 Å². The number of ketones is 1. The summed E-state index contributed by atoms with van der Waals surface area (Å²) < 4.78 is 11.4. The van der Waals surface area contributed by atoms with Crippen LogP contribution in [0.5, 0.6) is 11.5 Å². The van der Waals surface area contributed by atoms with Crippen molar-refractivity contribution in [3.63, 3.8) is 0 Å². The molecule has 1 aliphatic carbocycles. The molecule has 0 saturated heterocycles. The fraction of sp³-hybridized carbons (Fsp3) is 0.581. The van der Waals surface area contributed by atoms with Gasteiger partial charge < -0.3 is 19.7 Å². The number of carboxylic acids is 1. The van der Waals surface area contributed by atoms with E-state index in [0.29, 0.717) is 36.0 Å². The van der Waals surface area contributed by atoms with Crippen molar-refractivity contribution in [1.29, 1.82) is 0 Å². The van der Waals surface area contributed by atoms with Gasteiger partial charge in [-0.05, 0) is 42.9 Å². The molecule has 0 bridgehead atoms. The number of unbranched alkanes of at least 4 members (excludes halogenated alkanes) is 10. The highest BCUT2D eigenvalue weighted by molar-refractivity contribution is 6.09. The number of phenols is 1. The zero-order valence-corrected chi connectivity index (χ0v) is 23.1. The average molecular weight is 527 g/mol. The maximum Gasteiger partial charge on any atom is 0.339 e. The molecule has 1 heterocycles. The molecule has 2 aliphatic rings. The van der Waals surface area contributed by atoms with E-state index in [-0.39, 0.29) is 22.9 Å². The van der Waals surface area contributed by atoms with E-state index in [0.717, 1.165) is 51.4 Å². The number of carbonyl (C=O) groups is 3. The lowest BCUT2D eigenvalue weighted by atomic mass is 9.66. The van der Waals surface area contributed by atoms with E-state index in [1.165, 1.54) is 44.6 Å². The number of fused-ring (bicyclic) bond motifs is 2. The molecule has 7 nitrogen and oxygen atoms in total. The number of esters is 1. The van der Waals surface area contributed by atoms with Crippen molar-refractivity contribution in [3.05, 3.63) is 46.2 Å². The molecule has 3 rings (SSSR count). The summed E-state index contributed by atoms with van der Waals surface area (Å²) in [6.07, 6.45) is 15.9. The van der Waals surface area contributed by atoms with Gasteiger partial charge in [0.2, 0.25) is 0 Å². The lowest BCUT2D eigenvalue weighted by Crippen LogP contribution is -2.42. The van der Waals surface area contributed by atoms with Gasteiger partial charge in [0, 0.05) is 17.7 Å².